The molecule has 0 heterocycles. The van der Waals surface area contributed by atoms with Gasteiger partial charge in [0.2, 0.25) is 0 Å². The molecule has 0 saturated carbocycles. The molecule has 0 bridgehead atoms. The third kappa shape index (κ3) is 4.22. The number of hydrogen-bond acceptors (Lipinski definition) is 2. The van der Waals surface area contributed by atoms with Gasteiger partial charge in [-0.05, 0) is 42.0 Å². The number of ether oxygens (including phenoxy) is 1. The molecule has 0 spiro atoms. The van der Waals surface area contributed by atoms with Crippen molar-refractivity contribution in [2.75, 3.05) is 6.61 Å². The Morgan fingerprint density at radius 3 is 1.88 bits per heavy atom. The van der Waals surface area contributed by atoms with E-state index in [1.165, 1.54) is 18.1 Å². The zero-order valence-corrected chi connectivity index (χ0v) is 11.4. The minimum Gasteiger partial charge on any atom is -0.486 e. The standard InChI is InChI=1S/C15H22O2/c1-10(2)13-6-14(11(3)4)8-15(7-13)17-9-12(5)16/h6-8,10-11H,9H2,1-5H3. The number of carbonyl (C=O) groups excluding carboxylic acids is 1. The first-order valence-corrected chi connectivity index (χ1v) is 6.17. The molecule has 0 aromatic heterocycles. The molecule has 0 aliphatic rings. The van der Waals surface area contributed by atoms with Gasteiger partial charge in [-0.15, -0.1) is 0 Å². The van der Waals surface area contributed by atoms with Crippen LogP contribution in [-0.4, -0.2) is 12.4 Å². The number of benzene rings is 1. The van der Waals surface area contributed by atoms with Crippen LogP contribution in [0.2, 0.25) is 0 Å². The van der Waals surface area contributed by atoms with Crippen LogP contribution in [0.25, 0.3) is 0 Å². The number of hydrogen-bond donors (Lipinski definition) is 0. The Labute approximate surface area is 104 Å². The fraction of sp³-hybridized carbons (Fsp3) is 0.533. The number of rotatable bonds is 5. The third-order valence-electron chi connectivity index (χ3n) is 2.73. The van der Waals surface area contributed by atoms with Gasteiger partial charge in [-0.2, -0.15) is 0 Å². The summed E-state index contributed by atoms with van der Waals surface area (Å²) in [5.41, 5.74) is 2.52. The van der Waals surface area contributed by atoms with Crippen LogP contribution in [0.5, 0.6) is 5.75 Å². The number of ketones is 1. The summed E-state index contributed by atoms with van der Waals surface area (Å²) >= 11 is 0. The molecule has 2 nitrogen and oxygen atoms in total. The maximum Gasteiger partial charge on any atom is 0.167 e. The Kier molecular flexibility index (Phi) is 4.73. The monoisotopic (exact) mass is 234 g/mol. The molecule has 2 heteroatoms. The normalized spacial score (nSPS) is 11.0. The molecule has 0 atom stereocenters. The van der Waals surface area contributed by atoms with Crippen LogP contribution in [0, 0.1) is 0 Å². The van der Waals surface area contributed by atoms with E-state index in [0.717, 1.165) is 5.75 Å². The van der Waals surface area contributed by atoms with Crippen molar-refractivity contribution in [3.05, 3.63) is 29.3 Å². The predicted molar refractivity (Wildman–Crippen MR) is 70.8 cm³/mol. The Morgan fingerprint density at radius 1 is 1.06 bits per heavy atom. The quantitative estimate of drug-likeness (QED) is 0.772. The summed E-state index contributed by atoms with van der Waals surface area (Å²) in [4.78, 5) is 10.9. The van der Waals surface area contributed by atoms with Crippen LogP contribution in [0.3, 0.4) is 0 Å². The highest BCUT2D eigenvalue weighted by molar-refractivity contribution is 5.77. The lowest BCUT2D eigenvalue weighted by atomic mass is 9.95. The molecule has 0 fully saturated rings. The van der Waals surface area contributed by atoms with E-state index in [2.05, 4.69) is 33.8 Å². The molecular weight excluding hydrogens is 212 g/mol. The molecule has 0 amide bonds. The molecule has 17 heavy (non-hydrogen) atoms. The van der Waals surface area contributed by atoms with Crippen LogP contribution in [0.15, 0.2) is 18.2 Å². The van der Waals surface area contributed by atoms with Gasteiger partial charge in [0.1, 0.15) is 12.4 Å². The Morgan fingerprint density at radius 2 is 1.53 bits per heavy atom. The van der Waals surface area contributed by atoms with Gasteiger partial charge in [-0.3, -0.25) is 4.79 Å². The third-order valence-corrected chi connectivity index (χ3v) is 2.73. The Bertz CT molecular complexity index is 366. The molecule has 94 valence electrons. The van der Waals surface area contributed by atoms with Crippen molar-refractivity contribution in [2.45, 2.75) is 46.5 Å². The van der Waals surface area contributed by atoms with Crippen molar-refractivity contribution in [1.29, 1.82) is 0 Å². The summed E-state index contributed by atoms with van der Waals surface area (Å²) in [5.74, 6) is 1.78. The second-order valence-electron chi connectivity index (χ2n) is 5.14. The maximum atomic E-state index is 10.9. The zero-order chi connectivity index (χ0) is 13.0. The van der Waals surface area contributed by atoms with E-state index in [1.807, 2.05) is 12.1 Å². The number of carbonyl (C=O) groups is 1. The van der Waals surface area contributed by atoms with Gasteiger partial charge >= 0.3 is 0 Å². The van der Waals surface area contributed by atoms with Crippen molar-refractivity contribution in [2.24, 2.45) is 0 Å². The summed E-state index contributed by atoms with van der Waals surface area (Å²) in [7, 11) is 0. The first kappa shape index (κ1) is 13.8. The van der Waals surface area contributed by atoms with Gasteiger partial charge in [0.05, 0.1) is 0 Å². The average molecular weight is 234 g/mol. The van der Waals surface area contributed by atoms with Gasteiger partial charge < -0.3 is 4.74 Å². The Balaban J connectivity index is 2.99. The van der Waals surface area contributed by atoms with Crippen molar-refractivity contribution in [1.82, 2.24) is 0 Å². The minimum atomic E-state index is 0.0473. The fourth-order valence-electron chi connectivity index (χ4n) is 1.58. The van der Waals surface area contributed by atoms with E-state index in [4.69, 9.17) is 4.74 Å². The summed E-state index contributed by atoms with van der Waals surface area (Å²) in [6.45, 7) is 10.3. The first-order valence-electron chi connectivity index (χ1n) is 6.17. The van der Waals surface area contributed by atoms with E-state index in [-0.39, 0.29) is 12.4 Å². The van der Waals surface area contributed by atoms with Gasteiger partial charge in [-0.1, -0.05) is 33.8 Å². The fourth-order valence-corrected chi connectivity index (χ4v) is 1.58. The molecule has 1 aromatic rings. The molecule has 0 aliphatic carbocycles. The van der Waals surface area contributed by atoms with E-state index < -0.39 is 0 Å². The summed E-state index contributed by atoms with van der Waals surface area (Å²) in [5, 5.41) is 0. The largest absolute Gasteiger partial charge is 0.486 e. The van der Waals surface area contributed by atoms with Crippen LogP contribution in [0.1, 0.15) is 57.6 Å². The van der Waals surface area contributed by atoms with Gasteiger partial charge in [0.25, 0.3) is 0 Å². The molecule has 0 saturated heterocycles. The van der Waals surface area contributed by atoms with Crippen LogP contribution < -0.4 is 4.74 Å². The summed E-state index contributed by atoms with van der Waals surface area (Å²) in [6.07, 6.45) is 0. The topological polar surface area (TPSA) is 26.3 Å². The first-order chi connectivity index (χ1) is 7.90. The molecule has 1 aromatic carbocycles. The smallest absolute Gasteiger partial charge is 0.167 e. The van der Waals surface area contributed by atoms with Gasteiger partial charge in [0.15, 0.2) is 5.78 Å². The molecular formula is C15H22O2. The highest BCUT2D eigenvalue weighted by Gasteiger charge is 2.08. The van der Waals surface area contributed by atoms with Gasteiger partial charge in [-0.25, -0.2) is 0 Å². The molecule has 1 rings (SSSR count). The molecule has 0 aliphatic heterocycles. The SMILES string of the molecule is CC(=O)COc1cc(C(C)C)cc(C(C)C)c1. The van der Waals surface area contributed by atoms with Crippen molar-refractivity contribution >= 4 is 5.78 Å². The average Bonchev–Trinajstić information content (AvgIpc) is 2.25. The van der Waals surface area contributed by atoms with Crippen LogP contribution in [0.4, 0.5) is 0 Å². The van der Waals surface area contributed by atoms with E-state index >= 15 is 0 Å². The lowest BCUT2D eigenvalue weighted by molar-refractivity contribution is -0.118. The van der Waals surface area contributed by atoms with Crippen LogP contribution in [-0.2, 0) is 4.79 Å². The molecule has 0 N–H and O–H groups in total. The van der Waals surface area contributed by atoms with Crippen molar-refractivity contribution in [3.8, 4) is 5.75 Å². The highest BCUT2D eigenvalue weighted by atomic mass is 16.5. The van der Waals surface area contributed by atoms with Crippen molar-refractivity contribution in [3.63, 3.8) is 0 Å². The molecule has 0 unspecified atom stereocenters. The second-order valence-corrected chi connectivity index (χ2v) is 5.14. The number of Topliss-reactive ketones (excluding diaryl/α,β-unsaturated/α-hetero) is 1. The van der Waals surface area contributed by atoms with E-state index in [1.54, 1.807) is 0 Å². The maximum absolute atomic E-state index is 10.9. The predicted octanol–water partition coefficient (Wildman–Crippen LogP) is 3.90. The lowest BCUT2D eigenvalue weighted by Crippen LogP contribution is -2.07. The summed E-state index contributed by atoms with van der Waals surface area (Å²) < 4.78 is 5.50. The summed E-state index contributed by atoms with van der Waals surface area (Å²) in [6, 6.07) is 6.27. The second kappa shape index (κ2) is 5.85. The van der Waals surface area contributed by atoms with E-state index in [0.29, 0.717) is 11.8 Å². The highest BCUT2D eigenvalue weighted by Crippen LogP contribution is 2.27. The zero-order valence-electron chi connectivity index (χ0n) is 11.4. The Hall–Kier alpha value is -1.31. The van der Waals surface area contributed by atoms with Crippen LogP contribution >= 0.6 is 0 Å². The lowest BCUT2D eigenvalue weighted by Gasteiger charge is -2.14. The van der Waals surface area contributed by atoms with Gasteiger partial charge in [0, 0.05) is 0 Å². The molecule has 0 radical (unpaired) electrons. The van der Waals surface area contributed by atoms with Crippen molar-refractivity contribution < 1.29 is 9.53 Å². The minimum absolute atomic E-state index is 0.0473. The van der Waals surface area contributed by atoms with E-state index in [9.17, 15) is 4.79 Å².